The van der Waals surface area contributed by atoms with Crippen LogP contribution in [0.2, 0.25) is 0 Å². The van der Waals surface area contributed by atoms with Crippen LogP contribution in [0.15, 0.2) is 18.2 Å². The van der Waals surface area contributed by atoms with Gasteiger partial charge < -0.3 is 10.1 Å². The van der Waals surface area contributed by atoms with Crippen molar-refractivity contribution in [3.63, 3.8) is 0 Å². The highest BCUT2D eigenvalue weighted by molar-refractivity contribution is 5.92. The standard InChI is InChI=1S/C9H8FNO2/c10-6-1-2-8-7(5-6)11-9(12)3-4-13-8/h1-2,5H,3-4H2,(H,11,12). The predicted octanol–water partition coefficient (Wildman–Crippen LogP) is 1.55. The van der Waals surface area contributed by atoms with Crippen molar-refractivity contribution in [1.29, 1.82) is 0 Å². The summed E-state index contributed by atoms with van der Waals surface area (Å²) < 4.78 is 18.0. The van der Waals surface area contributed by atoms with Crippen LogP contribution >= 0.6 is 0 Å². The SMILES string of the molecule is O=C1CCOc2ccc(F)cc2N1. The third kappa shape index (κ3) is 1.61. The Hall–Kier alpha value is -1.58. The van der Waals surface area contributed by atoms with Crippen molar-refractivity contribution in [2.24, 2.45) is 0 Å². The topological polar surface area (TPSA) is 38.3 Å². The predicted molar refractivity (Wildman–Crippen MR) is 45.1 cm³/mol. The average molecular weight is 181 g/mol. The maximum absolute atomic E-state index is 12.7. The summed E-state index contributed by atoms with van der Waals surface area (Å²) in [6.07, 6.45) is 0.302. The van der Waals surface area contributed by atoms with E-state index < -0.39 is 0 Å². The lowest BCUT2D eigenvalue weighted by Gasteiger charge is -2.05. The van der Waals surface area contributed by atoms with Gasteiger partial charge in [-0.2, -0.15) is 0 Å². The van der Waals surface area contributed by atoms with Gasteiger partial charge in [0.05, 0.1) is 18.7 Å². The number of benzene rings is 1. The molecule has 0 atom stereocenters. The summed E-state index contributed by atoms with van der Waals surface area (Å²) in [6.45, 7) is 0.338. The van der Waals surface area contributed by atoms with Gasteiger partial charge >= 0.3 is 0 Å². The van der Waals surface area contributed by atoms with Gasteiger partial charge in [0.25, 0.3) is 0 Å². The Morgan fingerprint density at radius 2 is 2.31 bits per heavy atom. The van der Waals surface area contributed by atoms with Crippen LogP contribution in [0.1, 0.15) is 6.42 Å². The Balaban J connectivity index is 2.40. The quantitative estimate of drug-likeness (QED) is 0.659. The average Bonchev–Trinajstić information content (AvgIpc) is 2.25. The second-order valence-corrected chi connectivity index (χ2v) is 2.79. The molecular weight excluding hydrogens is 173 g/mol. The van der Waals surface area contributed by atoms with Crippen molar-refractivity contribution in [3.8, 4) is 5.75 Å². The van der Waals surface area contributed by atoms with E-state index in [9.17, 15) is 9.18 Å². The molecule has 0 radical (unpaired) electrons. The Morgan fingerprint density at radius 1 is 1.46 bits per heavy atom. The Morgan fingerprint density at radius 3 is 3.15 bits per heavy atom. The fraction of sp³-hybridized carbons (Fsp3) is 0.222. The lowest BCUT2D eigenvalue weighted by Crippen LogP contribution is -2.10. The number of carbonyl (C=O) groups is 1. The fourth-order valence-corrected chi connectivity index (χ4v) is 1.19. The number of rotatable bonds is 0. The van der Waals surface area contributed by atoms with Gasteiger partial charge in [-0.1, -0.05) is 0 Å². The fourth-order valence-electron chi connectivity index (χ4n) is 1.19. The summed E-state index contributed by atoms with van der Waals surface area (Å²) in [7, 11) is 0. The molecule has 0 bridgehead atoms. The highest BCUT2D eigenvalue weighted by atomic mass is 19.1. The van der Waals surface area contributed by atoms with Gasteiger partial charge in [-0.15, -0.1) is 0 Å². The molecule has 4 heteroatoms. The Kier molecular flexibility index (Phi) is 1.88. The van der Waals surface area contributed by atoms with Gasteiger partial charge in [0, 0.05) is 6.07 Å². The first-order chi connectivity index (χ1) is 6.25. The van der Waals surface area contributed by atoms with Gasteiger partial charge in [0.15, 0.2) is 0 Å². The van der Waals surface area contributed by atoms with Crippen LogP contribution in [0.4, 0.5) is 10.1 Å². The smallest absolute Gasteiger partial charge is 0.227 e. The minimum atomic E-state index is -0.385. The molecule has 0 saturated heterocycles. The molecule has 1 aromatic carbocycles. The third-order valence-corrected chi connectivity index (χ3v) is 1.80. The normalized spacial score (nSPS) is 15.3. The van der Waals surface area contributed by atoms with Crippen LogP contribution in [0.25, 0.3) is 0 Å². The lowest BCUT2D eigenvalue weighted by molar-refractivity contribution is -0.116. The van der Waals surface area contributed by atoms with Crippen molar-refractivity contribution < 1.29 is 13.9 Å². The molecule has 3 nitrogen and oxygen atoms in total. The molecule has 1 amide bonds. The van der Waals surface area contributed by atoms with E-state index in [0.717, 1.165) is 0 Å². The second-order valence-electron chi connectivity index (χ2n) is 2.79. The van der Waals surface area contributed by atoms with E-state index in [4.69, 9.17) is 4.74 Å². The van der Waals surface area contributed by atoms with E-state index in [-0.39, 0.29) is 11.7 Å². The van der Waals surface area contributed by atoms with Gasteiger partial charge in [0.2, 0.25) is 5.91 Å². The van der Waals surface area contributed by atoms with Crippen molar-refractivity contribution in [3.05, 3.63) is 24.0 Å². The Labute approximate surface area is 74.5 Å². The molecule has 1 aromatic rings. The molecule has 13 heavy (non-hydrogen) atoms. The van der Waals surface area contributed by atoms with Crippen LogP contribution in [-0.4, -0.2) is 12.5 Å². The summed E-state index contributed by atoms with van der Waals surface area (Å²) in [5, 5.41) is 2.56. The molecule has 1 aliphatic rings. The molecular formula is C9H8FNO2. The number of hydrogen-bond donors (Lipinski definition) is 1. The molecule has 0 spiro atoms. The zero-order chi connectivity index (χ0) is 9.26. The van der Waals surface area contributed by atoms with E-state index in [2.05, 4.69) is 5.32 Å². The number of hydrogen-bond acceptors (Lipinski definition) is 2. The Bertz CT molecular complexity index is 351. The minimum Gasteiger partial charge on any atom is -0.491 e. The molecule has 0 unspecified atom stereocenters. The summed E-state index contributed by atoms with van der Waals surface area (Å²) in [5.74, 6) is -0.0128. The molecule has 68 valence electrons. The van der Waals surface area contributed by atoms with Gasteiger partial charge in [-0.25, -0.2) is 4.39 Å². The third-order valence-electron chi connectivity index (χ3n) is 1.80. The van der Waals surface area contributed by atoms with Crippen molar-refractivity contribution in [2.75, 3.05) is 11.9 Å². The molecule has 0 saturated carbocycles. The number of amides is 1. The number of carbonyl (C=O) groups excluding carboxylic acids is 1. The maximum atomic E-state index is 12.7. The second kappa shape index (κ2) is 3.05. The van der Waals surface area contributed by atoms with Gasteiger partial charge in [0.1, 0.15) is 11.6 Å². The van der Waals surface area contributed by atoms with Crippen LogP contribution in [0.3, 0.4) is 0 Å². The van der Waals surface area contributed by atoms with Crippen LogP contribution in [-0.2, 0) is 4.79 Å². The molecule has 0 aliphatic carbocycles. The number of anilines is 1. The van der Waals surface area contributed by atoms with Crippen LogP contribution in [0.5, 0.6) is 5.75 Å². The zero-order valence-corrected chi connectivity index (χ0v) is 6.84. The first-order valence-corrected chi connectivity index (χ1v) is 3.98. The highest BCUT2D eigenvalue weighted by Gasteiger charge is 2.13. The van der Waals surface area contributed by atoms with E-state index in [1.165, 1.54) is 18.2 Å². The van der Waals surface area contributed by atoms with E-state index in [1.54, 1.807) is 0 Å². The molecule has 0 fully saturated rings. The van der Waals surface area contributed by atoms with Crippen LogP contribution < -0.4 is 10.1 Å². The highest BCUT2D eigenvalue weighted by Crippen LogP contribution is 2.27. The first kappa shape index (κ1) is 8.04. The molecule has 1 aliphatic heterocycles. The monoisotopic (exact) mass is 181 g/mol. The number of ether oxygens (including phenoxy) is 1. The minimum absolute atomic E-state index is 0.149. The largest absolute Gasteiger partial charge is 0.491 e. The molecule has 0 aromatic heterocycles. The number of nitrogens with one attached hydrogen (secondary N) is 1. The summed E-state index contributed by atoms with van der Waals surface area (Å²) in [5.41, 5.74) is 0.405. The maximum Gasteiger partial charge on any atom is 0.227 e. The van der Waals surface area contributed by atoms with Crippen molar-refractivity contribution in [1.82, 2.24) is 0 Å². The van der Waals surface area contributed by atoms with Crippen LogP contribution in [0, 0.1) is 5.82 Å². The molecule has 1 N–H and O–H groups in total. The number of fused-ring (bicyclic) bond motifs is 1. The molecule has 1 heterocycles. The summed E-state index contributed by atoms with van der Waals surface area (Å²) >= 11 is 0. The van der Waals surface area contributed by atoms with E-state index in [0.29, 0.717) is 24.5 Å². The number of halogens is 1. The molecule has 2 rings (SSSR count). The van der Waals surface area contributed by atoms with Crippen molar-refractivity contribution in [2.45, 2.75) is 6.42 Å². The first-order valence-electron chi connectivity index (χ1n) is 3.98. The summed E-state index contributed by atoms with van der Waals surface area (Å²) in [6, 6.07) is 4.06. The zero-order valence-electron chi connectivity index (χ0n) is 6.84. The lowest BCUT2D eigenvalue weighted by atomic mass is 10.3. The van der Waals surface area contributed by atoms with E-state index in [1.807, 2.05) is 0 Å². The van der Waals surface area contributed by atoms with Gasteiger partial charge in [-0.05, 0) is 12.1 Å². The summed E-state index contributed by atoms with van der Waals surface area (Å²) in [4.78, 5) is 11.0. The van der Waals surface area contributed by atoms with Crippen molar-refractivity contribution >= 4 is 11.6 Å². The van der Waals surface area contributed by atoms with E-state index >= 15 is 0 Å². The van der Waals surface area contributed by atoms with Gasteiger partial charge in [-0.3, -0.25) is 4.79 Å².